The number of aromatic amines is 1. The quantitative estimate of drug-likeness (QED) is 0.625. The van der Waals surface area contributed by atoms with Crippen molar-refractivity contribution in [2.75, 3.05) is 7.11 Å². The van der Waals surface area contributed by atoms with Gasteiger partial charge in [0.05, 0.1) is 18.1 Å². The van der Waals surface area contributed by atoms with Crippen molar-refractivity contribution >= 4 is 32.9 Å². The van der Waals surface area contributed by atoms with Gasteiger partial charge in [-0.15, -0.1) is 0 Å². The number of hydrogen-bond acceptors (Lipinski definition) is 4. The Morgan fingerprint density at radius 2 is 2.27 bits per heavy atom. The van der Waals surface area contributed by atoms with Gasteiger partial charge >= 0.3 is 11.1 Å². The summed E-state index contributed by atoms with van der Waals surface area (Å²) < 4.78 is 2.28. The molecule has 1 aromatic carbocycles. The van der Waals surface area contributed by atoms with E-state index in [1.165, 1.54) is 11.7 Å². The number of rotatable bonds is 3. The Morgan fingerprint density at radius 1 is 1.50 bits per heavy atom. The molecule has 0 fully saturated rings. The zero-order chi connectivity index (χ0) is 15.9. The summed E-state index contributed by atoms with van der Waals surface area (Å²) in [6.07, 6.45) is 1.42. The van der Waals surface area contributed by atoms with Crippen molar-refractivity contribution < 1.29 is 9.63 Å². The van der Waals surface area contributed by atoms with Crippen LogP contribution in [0.3, 0.4) is 0 Å². The smallest absolute Gasteiger partial charge is 0.316 e. The van der Waals surface area contributed by atoms with Crippen LogP contribution in [0.15, 0.2) is 26.2 Å². The Kier molecular flexibility index (Phi) is 3.88. The Balaban J connectivity index is 2.20. The van der Waals surface area contributed by atoms with Gasteiger partial charge < -0.3 is 4.98 Å². The number of carbonyl (C=O) groups excluding carboxylic acids is 1. The van der Waals surface area contributed by atoms with Crippen molar-refractivity contribution in [3.05, 3.63) is 42.9 Å². The monoisotopic (exact) mass is 367 g/mol. The minimum atomic E-state index is -0.685. The van der Waals surface area contributed by atoms with E-state index in [4.69, 9.17) is 0 Å². The zero-order valence-electron chi connectivity index (χ0n) is 11.8. The van der Waals surface area contributed by atoms with E-state index in [1.807, 2.05) is 6.07 Å². The van der Waals surface area contributed by atoms with E-state index in [0.717, 1.165) is 16.5 Å². The molecule has 0 saturated heterocycles. The topological polar surface area (TPSA) is 93.2 Å². The molecule has 1 aromatic heterocycles. The summed E-state index contributed by atoms with van der Waals surface area (Å²) in [6, 6.07) is 3.33. The molecule has 7 nitrogen and oxygen atoms in total. The molecule has 3 rings (SSSR count). The largest absolute Gasteiger partial charge is 0.317 e. The number of hydrogen-bond donors (Lipinski definition) is 2. The summed E-state index contributed by atoms with van der Waals surface area (Å²) in [5.41, 5.74) is 3.18. The summed E-state index contributed by atoms with van der Waals surface area (Å²) in [5, 5.41) is 0. The molecular formula is C14H14BrN3O4. The number of benzene rings is 1. The lowest BCUT2D eigenvalue weighted by Crippen LogP contribution is -2.41. The van der Waals surface area contributed by atoms with Gasteiger partial charge in [0.15, 0.2) is 0 Å². The van der Waals surface area contributed by atoms with E-state index in [0.29, 0.717) is 17.5 Å². The van der Waals surface area contributed by atoms with E-state index in [2.05, 4.69) is 31.2 Å². The van der Waals surface area contributed by atoms with Crippen LogP contribution in [0.5, 0.6) is 0 Å². The van der Waals surface area contributed by atoms with Crippen molar-refractivity contribution in [3.8, 4) is 0 Å². The van der Waals surface area contributed by atoms with Gasteiger partial charge in [-0.05, 0) is 30.5 Å². The third-order valence-corrected chi connectivity index (χ3v) is 4.26. The molecule has 1 atom stereocenters. The van der Waals surface area contributed by atoms with Gasteiger partial charge in [0.2, 0.25) is 5.91 Å². The second kappa shape index (κ2) is 5.69. The molecule has 0 spiro atoms. The van der Waals surface area contributed by atoms with Crippen LogP contribution < -0.4 is 16.6 Å². The minimum Gasteiger partial charge on any atom is -0.316 e. The molecule has 2 aromatic rings. The number of hydroxylamine groups is 1. The highest BCUT2D eigenvalue weighted by Gasteiger charge is 2.26. The van der Waals surface area contributed by atoms with Crippen LogP contribution in [0.25, 0.3) is 11.0 Å². The number of nitrogens with zero attached hydrogens (tertiary/aromatic N) is 1. The fraction of sp³-hybridized carbons (Fsp3) is 0.357. The lowest BCUT2D eigenvalue weighted by atomic mass is 9.96. The molecule has 1 aliphatic rings. The molecule has 0 bridgehead atoms. The van der Waals surface area contributed by atoms with E-state index in [1.54, 1.807) is 6.07 Å². The molecule has 2 heterocycles. The first-order chi connectivity index (χ1) is 10.5. The number of aryl methyl sites for hydroxylation is 1. The fourth-order valence-electron chi connectivity index (χ4n) is 2.98. The predicted molar refractivity (Wildman–Crippen MR) is 83.7 cm³/mol. The number of aromatic nitrogens is 2. The highest BCUT2D eigenvalue weighted by Crippen LogP contribution is 2.32. The predicted octanol–water partition coefficient (Wildman–Crippen LogP) is 1.01. The molecule has 2 N–H and O–H groups in total. The molecule has 1 unspecified atom stereocenters. The lowest BCUT2D eigenvalue weighted by molar-refractivity contribution is -0.132. The Morgan fingerprint density at radius 3 is 3.00 bits per heavy atom. The first-order valence-electron chi connectivity index (χ1n) is 6.80. The van der Waals surface area contributed by atoms with Crippen LogP contribution in [0.4, 0.5) is 0 Å². The first kappa shape index (κ1) is 15.0. The molecule has 0 aliphatic carbocycles. The number of nitrogens with one attached hydrogen (secondary N) is 2. The Bertz CT molecular complexity index is 871. The number of carbonyl (C=O) groups is 1. The number of H-pyrrole nitrogens is 1. The van der Waals surface area contributed by atoms with Gasteiger partial charge in [-0.3, -0.25) is 23.8 Å². The molecule has 8 heteroatoms. The summed E-state index contributed by atoms with van der Waals surface area (Å²) in [6.45, 7) is 0. The maximum atomic E-state index is 12.3. The summed E-state index contributed by atoms with van der Waals surface area (Å²) in [7, 11) is 1.35. The van der Waals surface area contributed by atoms with E-state index in [9.17, 15) is 14.4 Å². The van der Waals surface area contributed by atoms with Crippen LogP contribution in [-0.2, 0) is 16.1 Å². The standard InChI is InChI=1S/C14H14BrN3O4/c1-22-17-11(19)6-9-3-2-7-4-8(15)5-10-12(7)18(9)14(21)13(20)16-10/h4-5,9H,2-3,6H2,1H3,(H,16,20)(H,17,19). The molecule has 116 valence electrons. The van der Waals surface area contributed by atoms with Gasteiger partial charge in [0.1, 0.15) is 0 Å². The van der Waals surface area contributed by atoms with Gasteiger partial charge in [0.25, 0.3) is 0 Å². The van der Waals surface area contributed by atoms with Crippen molar-refractivity contribution in [3.63, 3.8) is 0 Å². The van der Waals surface area contributed by atoms with Gasteiger partial charge in [-0.25, -0.2) is 5.48 Å². The van der Waals surface area contributed by atoms with Gasteiger partial charge in [-0.2, -0.15) is 0 Å². The maximum Gasteiger partial charge on any atom is 0.317 e. The van der Waals surface area contributed by atoms with Gasteiger partial charge in [-0.1, -0.05) is 15.9 Å². The zero-order valence-corrected chi connectivity index (χ0v) is 13.4. The number of halogens is 1. The highest BCUT2D eigenvalue weighted by molar-refractivity contribution is 9.10. The van der Waals surface area contributed by atoms with Crippen molar-refractivity contribution in [2.45, 2.75) is 25.3 Å². The van der Waals surface area contributed by atoms with Crippen molar-refractivity contribution in [1.29, 1.82) is 0 Å². The van der Waals surface area contributed by atoms with E-state index >= 15 is 0 Å². The lowest BCUT2D eigenvalue weighted by Gasteiger charge is -2.27. The van der Waals surface area contributed by atoms with E-state index < -0.39 is 11.1 Å². The molecule has 0 radical (unpaired) electrons. The average Bonchev–Trinajstić information content (AvgIpc) is 2.45. The fourth-order valence-corrected chi connectivity index (χ4v) is 3.48. The van der Waals surface area contributed by atoms with Crippen LogP contribution >= 0.6 is 15.9 Å². The van der Waals surface area contributed by atoms with Gasteiger partial charge in [0, 0.05) is 16.9 Å². The SMILES string of the molecule is CONC(=O)CC1CCc2cc(Br)cc3[nH]c(=O)c(=O)n1c23. The second-order valence-corrected chi connectivity index (χ2v) is 6.13. The summed E-state index contributed by atoms with van der Waals surface area (Å²) in [4.78, 5) is 43.1. The molecule has 1 aliphatic heterocycles. The highest BCUT2D eigenvalue weighted by atomic mass is 79.9. The van der Waals surface area contributed by atoms with Crippen LogP contribution in [0.2, 0.25) is 0 Å². The van der Waals surface area contributed by atoms with Crippen LogP contribution in [-0.4, -0.2) is 22.6 Å². The van der Waals surface area contributed by atoms with Crippen molar-refractivity contribution in [1.82, 2.24) is 15.0 Å². The second-order valence-electron chi connectivity index (χ2n) is 5.22. The first-order valence-corrected chi connectivity index (χ1v) is 7.59. The molecular weight excluding hydrogens is 354 g/mol. The normalized spacial score (nSPS) is 16.7. The molecule has 1 amide bonds. The average molecular weight is 368 g/mol. The third kappa shape index (κ3) is 2.48. The minimum absolute atomic E-state index is 0.0851. The summed E-state index contributed by atoms with van der Waals surface area (Å²) >= 11 is 3.40. The van der Waals surface area contributed by atoms with Crippen molar-refractivity contribution in [2.24, 2.45) is 0 Å². The van der Waals surface area contributed by atoms with Crippen LogP contribution in [0, 0.1) is 0 Å². The maximum absolute atomic E-state index is 12.3. The van der Waals surface area contributed by atoms with Crippen LogP contribution in [0.1, 0.15) is 24.4 Å². The third-order valence-electron chi connectivity index (χ3n) is 3.80. The Labute approximate surface area is 133 Å². The Hall–Kier alpha value is -1.93. The molecule has 22 heavy (non-hydrogen) atoms. The van der Waals surface area contributed by atoms with E-state index in [-0.39, 0.29) is 18.4 Å². The molecule has 0 saturated carbocycles. The number of amides is 1. The summed E-state index contributed by atoms with van der Waals surface area (Å²) in [5.74, 6) is -0.326.